The van der Waals surface area contributed by atoms with E-state index in [4.69, 9.17) is 14.2 Å². The zero-order chi connectivity index (χ0) is 26.6. The fourth-order valence-electron chi connectivity index (χ4n) is 4.58. The zero-order valence-corrected chi connectivity index (χ0v) is 22.3. The Morgan fingerprint density at radius 3 is 2.70 bits per heavy atom. The number of aromatic nitrogens is 2. The van der Waals surface area contributed by atoms with Gasteiger partial charge >= 0.3 is 12.1 Å². The van der Waals surface area contributed by atoms with E-state index in [1.54, 1.807) is 11.1 Å². The molecule has 1 saturated heterocycles. The molecule has 202 valence electrons. The summed E-state index contributed by atoms with van der Waals surface area (Å²) in [6.45, 7) is 7.53. The highest BCUT2D eigenvalue weighted by Crippen LogP contribution is 2.32. The number of hydrogen-bond acceptors (Lipinski definition) is 7. The SMILES string of the molecule is COC(=O)CCCCn1cc(CN(C(=O)C2CN(C(=O)OC(C)(C)C)CCO2)C2CC2)c2cccnc21. The summed E-state index contributed by atoms with van der Waals surface area (Å²) in [5.74, 6) is -0.302. The Morgan fingerprint density at radius 2 is 2.00 bits per heavy atom. The summed E-state index contributed by atoms with van der Waals surface area (Å²) in [6.07, 6.45) is 6.54. The number of fused-ring (bicyclic) bond motifs is 1. The monoisotopic (exact) mass is 514 g/mol. The molecule has 1 saturated carbocycles. The molecule has 0 spiro atoms. The molecule has 4 rings (SSSR count). The van der Waals surface area contributed by atoms with Gasteiger partial charge in [0.1, 0.15) is 11.2 Å². The van der Waals surface area contributed by atoms with Gasteiger partial charge in [-0.15, -0.1) is 0 Å². The summed E-state index contributed by atoms with van der Waals surface area (Å²) in [5, 5.41) is 1.01. The van der Waals surface area contributed by atoms with E-state index in [2.05, 4.69) is 15.7 Å². The van der Waals surface area contributed by atoms with Crippen LogP contribution in [0.2, 0.25) is 0 Å². The van der Waals surface area contributed by atoms with E-state index in [1.807, 2.05) is 37.8 Å². The molecule has 0 radical (unpaired) electrons. The van der Waals surface area contributed by atoms with E-state index in [0.29, 0.717) is 26.1 Å². The topological polar surface area (TPSA) is 103 Å². The average molecular weight is 515 g/mol. The second-order valence-electron chi connectivity index (χ2n) is 10.7. The molecule has 1 unspecified atom stereocenters. The Balaban J connectivity index is 1.46. The van der Waals surface area contributed by atoms with Crippen molar-refractivity contribution in [3.05, 3.63) is 30.1 Å². The Hall–Kier alpha value is -3.14. The van der Waals surface area contributed by atoms with Crippen LogP contribution >= 0.6 is 0 Å². The van der Waals surface area contributed by atoms with Crippen molar-refractivity contribution in [2.75, 3.05) is 26.8 Å². The molecule has 37 heavy (non-hydrogen) atoms. The van der Waals surface area contributed by atoms with E-state index >= 15 is 0 Å². The maximum atomic E-state index is 13.6. The molecule has 2 aromatic heterocycles. The number of morpholine rings is 1. The third-order valence-corrected chi connectivity index (χ3v) is 6.58. The normalized spacial score (nSPS) is 18.1. The summed E-state index contributed by atoms with van der Waals surface area (Å²) in [7, 11) is 1.40. The van der Waals surface area contributed by atoms with E-state index in [1.165, 1.54) is 7.11 Å². The van der Waals surface area contributed by atoms with Gasteiger partial charge in [0.15, 0.2) is 6.10 Å². The molecule has 10 nitrogen and oxygen atoms in total. The molecule has 2 amide bonds. The lowest BCUT2D eigenvalue weighted by Gasteiger charge is -2.35. The van der Waals surface area contributed by atoms with E-state index in [-0.39, 0.29) is 24.5 Å². The number of pyridine rings is 1. The molecule has 2 aromatic rings. The number of carbonyl (C=O) groups is 3. The van der Waals surface area contributed by atoms with Crippen molar-refractivity contribution in [3.8, 4) is 0 Å². The summed E-state index contributed by atoms with van der Waals surface area (Å²) >= 11 is 0. The number of methoxy groups -OCH3 is 1. The number of nitrogens with zero attached hydrogens (tertiary/aromatic N) is 4. The van der Waals surface area contributed by atoms with Crippen LogP contribution in [0.25, 0.3) is 11.0 Å². The predicted molar refractivity (Wildman–Crippen MR) is 137 cm³/mol. The maximum absolute atomic E-state index is 13.6. The van der Waals surface area contributed by atoms with Crippen LogP contribution in [0.5, 0.6) is 0 Å². The first-order chi connectivity index (χ1) is 17.7. The molecular weight excluding hydrogens is 476 g/mol. The minimum absolute atomic E-state index is 0.0985. The summed E-state index contributed by atoms with van der Waals surface area (Å²) in [6, 6.07) is 4.10. The number of unbranched alkanes of at least 4 members (excludes halogenated alkanes) is 1. The molecule has 1 atom stereocenters. The van der Waals surface area contributed by atoms with E-state index in [9.17, 15) is 14.4 Å². The van der Waals surface area contributed by atoms with Crippen molar-refractivity contribution in [1.82, 2.24) is 19.4 Å². The molecule has 0 N–H and O–H groups in total. The second kappa shape index (κ2) is 11.5. The van der Waals surface area contributed by atoms with Crippen LogP contribution in [-0.2, 0) is 36.9 Å². The van der Waals surface area contributed by atoms with Crippen molar-refractivity contribution < 1.29 is 28.6 Å². The minimum Gasteiger partial charge on any atom is -0.469 e. The number of aryl methyl sites for hydroxylation is 1. The zero-order valence-electron chi connectivity index (χ0n) is 22.3. The van der Waals surface area contributed by atoms with E-state index in [0.717, 1.165) is 48.8 Å². The van der Waals surface area contributed by atoms with Crippen molar-refractivity contribution in [1.29, 1.82) is 0 Å². The van der Waals surface area contributed by atoms with Crippen molar-refractivity contribution in [2.24, 2.45) is 0 Å². The lowest BCUT2D eigenvalue weighted by molar-refractivity contribution is -0.150. The van der Waals surface area contributed by atoms with Crippen molar-refractivity contribution in [2.45, 2.75) is 83.7 Å². The van der Waals surface area contributed by atoms with Gasteiger partial charge in [-0.05, 0) is 64.2 Å². The van der Waals surface area contributed by atoms with Crippen LogP contribution in [0.1, 0.15) is 58.4 Å². The molecular formula is C27H38N4O6. The van der Waals surface area contributed by atoms with Gasteiger partial charge in [-0.3, -0.25) is 9.59 Å². The summed E-state index contributed by atoms with van der Waals surface area (Å²) in [5.41, 5.74) is 1.29. The van der Waals surface area contributed by atoms with Crippen LogP contribution in [0.4, 0.5) is 4.79 Å². The van der Waals surface area contributed by atoms with Crippen LogP contribution in [0.3, 0.4) is 0 Å². The number of esters is 1. The van der Waals surface area contributed by atoms with Crippen LogP contribution in [0.15, 0.2) is 24.5 Å². The van der Waals surface area contributed by atoms with Gasteiger partial charge in [-0.1, -0.05) is 0 Å². The van der Waals surface area contributed by atoms with Crippen molar-refractivity contribution >= 4 is 29.0 Å². The number of hydrogen-bond donors (Lipinski definition) is 0. The Morgan fingerprint density at radius 1 is 1.22 bits per heavy atom. The fourth-order valence-corrected chi connectivity index (χ4v) is 4.58. The van der Waals surface area contributed by atoms with E-state index < -0.39 is 17.8 Å². The number of amides is 2. The molecule has 2 fully saturated rings. The third-order valence-electron chi connectivity index (χ3n) is 6.58. The highest BCUT2D eigenvalue weighted by molar-refractivity contribution is 5.85. The number of ether oxygens (including phenoxy) is 3. The fraction of sp³-hybridized carbons (Fsp3) is 0.630. The lowest BCUT2D eigenvalue weighted by atomic mass is 10.1. The summed E-state index contributed by atoms with van der Waals surface area (Å²) < 4.78 is 18.2. The highest BCUT2D eigenvalue weighted by atomic mass is 16.6. The van der Waals surface area contributed by atoms with Gasteiger partial charge in [0, 0.05) is 49.9 Å². The smallest absolute Gasteiger partial charge is 0.410 e. The standard InChI is InChI=1S/C27H38N4O6/c1-27(2,3)37-26(34)30-14-15-36-22(18-30)25(33)31(20-10-11-20)17-19-16-29(13-6-5-9-23(32)35-4)24-21(19)8-7-12-28-24/h7-8,12,16,20,22H,5-6,9-11,13-15,17-18H2,1-4H3. The lowest BCUT2D eigenvalue weighted by Crippen LogP contribution is -2.53. The van der Waals surface area contributed by atoms with Gasteiger partial charge in [0.25, 0.3) is 5.91 Å². The van der Waals surface area contributed by atoms with Gasteiger partial charge in [-0.25, -0.2) is 9.78 Å². The number of carbonyl (C=O) groups excluding carboxylic acids is 3. The largest absolute Gasteiger partial charge is 0.469 e. The first-order valence-electron chi connectivity index (χ1n) is 13.1. The second-order valence-corrected chi connectivity index (χ2v) is 10.7. The van der Waals surface area contributed by atoms with Gasteiger partial charge in [0.2, 0.25) is 0 Å². The van der Waals surface area contributed by atoms with Gasteiger partial charge < -0.3 is 28.6 Å². The minimum atomic E-state index is -0.716. The molecule has 0 bridgehead atoms. The number of rotatable bonds is 9. The molecule has 2 aliphatic rings. The quantitative estimate of drug-likeness (QED) is 0.373. The first kappa shape index (κ1) is 26.9. The average Bonchev–Trinajstić information content (AvgIpc) is 3.66. The van der Waals surface area contributed by atoms with Gasteiger partial charge in [-0.2, -0.15) is 0 Å². The molecule has 0 aromatic carbocycles. The van der Waals surface area contributed by atoms with Crippen LogP contribution in [0, 0.1) is 0 Å². The Bertz CT molecular complexity index is 1120. The Kier molecular flexibility index (Phi) is 8.36. The van der Waals surface area contributed by atoms with Crippen LogP contribution < -0.4 is 0 Å². The predicted octanol–water partition coefficient (Wildman–Crippen LogP) is 3.51. The summed E-state index contributed by atoms with van der Waals surface area (Å²) in [4.78, 5) is 45.7. The maximum Gasteiger partial charge on any atom is 0.410 e. The third kappa shape index (κ3) is 7.00. The van der Waals surface area contributed by atoms with Crippen LogP contribution in [-0.4, -0.2) is 81.9 Å². The molecule has 10 heteroatoms. The Labute approximate surface area is 217 Å². The highest BCUT2D eigenvalue weighted by Gasteiger charge is 2.39. The molecule has 3 heterocycles. The van der Waals surface area contributed by atoms with Crippen molar-refractivity contribution in [3.63, 3.8) is 0 Å². The first-order valence-corrected chi connectivity index (χ1v) is 13.1. The molecule has 1 aliphatic heterocycles. The molecule has 1 aliphatic carbocycles. The van der Waals surface area contributed by atoms with Gasteiger partial charge in [0.05, 0.1) is 20.3 Å².